The van der Waals surface area contributed by atoms with Crippen LogP contribution >= 0.6 is 58.0 Å². The van der Waals surface area contributed by atoms with E-state index in [-0.39, 0.29) is 25.7 Å². The van der Waals surface area contributed by atoms with Crippen molar-refractivity contribution in [2.45, 2.75) is 0 Å². The molecule has 0 radical (unpaired) electrons. The van der Waals surface area contributed by atoms with Gasteiger partial charge in [-0.2, -0.15) is 0 Å². The Labute approximate surface area is 139 Å². The zero-order chi connectivity index (χ0) is 15.0. The van der Waals surface area contributed by atoms with Crippen molar-refractivity contribution in [3.63, 3.8) is 0 Å². The molecular formula is C13H5Cl5O2. The van der Waals surface area contributed by atoms with Crippen LogP contribution in [-0.2, 0) is 0 Å². The lowest BCUT2D eigenvalue weighted by molar-refractivity contribution is 0.0697. The van der Waals surface area contributed by atoms with Gasteiger partial charge in [0.15, 0.2) is 0 Å². The highest BCUT2D eigenvalue weighted by Crippen LogP contribution is 2.45. The summed E-state index contributed by atoms with van der Waals surface area (Å²) in [5.74, 6) is -1.09. The van der Waals surface area contributed by atoms with Gasteiger partial charge in [0.2, 0.25) is 0 Å². The SMILES string of the molecule is O=C(O)c1ccc(Cl)c(-c2c(Cl)cc(Cl)c(Cl)c2Cl)c1. The van der Waals surface area contributed by atoms with Gasteiger partial charge < -0.3 is 5.11 Å². The summed E-state index contributed by atoms with van der Waals surface area (Å²) in [7, 11) is 0. The number of carboxylic acids is 1. The summed E-state index contributed by atoms with van der Waals surface area (Å²) in [6.45, 7) is 0. The van der Waals surface area contributed by atoms with Gasteiger partial charge >= 0.3 is 5.97 Å². The molecule has 2 aromatic rings. The molecule has 0 amide bonds. The molecule has 0 saturated carbocycles. The summed E-state index contributed by atoms with van der Waals surface area (Å²) in [6, 6.07) is 5.64. The monoisotopic (exact) mass is 368 g/mol. The Kier molecular flexibility index (Phi) is 4.73. The Bertz CT molecular complexity index is 712. The molecule has 0 heterocycles. The zero-order valence-electron chi connectivity index (χ0n) is 9.55. The quantitative estimate of drug-likeness (QED) is 0.496. The van der Waals surface area contributed by atoms with Crippen LogP contribution in [0.3, 0.4) is 0 Å². The number of carbonyl (C=O) groups is 1. The standard InChI is InChI=1S/C13H5Cl5O2/c14-7-2-1-5(13(19)20)3-6(7)10-8(15)4-9(16)11(17)12(10)18/h1-4H,(H,19,20). The summed E-state index contributed by atoms with van der Waals surface area (Å²) >= 11 is 30.2. The Morgan fingerprint density at radius 2 is 1.50 bits per heavy atom. The van der Waals surface area contributed by atoms with Crippen LogP contribution in [0.4, 0.5) is 0 Å². The summed E-state index contributed by atoms with van der Waals surface area (Å²) < 4.78 is 0. The van der Waals surface area contributed by atoms with Gasteiger partial charge in [-0.15, -0.1) is 0 Å². The van der Waals surface area contributed by atoms with E-state index >= 15 is 0 Å². The van der Waals surface area contributed by atoms with Crippen LogP contribution < -0.4 is 0 Å². The van der Waals surface area contributed by atoms with Crippen molar-refractivity contribution in [3.05, 3.63) is 54.9 Å². The normalized spacial score (nSPS) is 10.7. The van der Waals surface area contributed by atoms with Gasteiger partial charge in [0.25, 0.3) is 0 Å². The number of hydrogen-bond donors (Lipinski definition) is 1. The molecule has 0 aromatic heterocycles. The summed E-state index contributed by atoms with van der Waals surface area (Å²) in [5.41, 5.74) is 0.776. The molecule has 0 atom stereocenters. The van der Waals surface area contributed by atoms with E-state index in [9.17, 15) is 4.79 Å². The van der Waals surface area contributed by atoms with Crippen LogP contribution in [0.25, 0.3) is 11.1 Å². The first-order valence-corrected chi connectivity index (χ1v) is 7.08. The van der Waals surface area contributed by atoms with E-state index in [0.717, 1.165) is 0 Å². The third kappa shape index (κ3) is 2.85. The highest BCUT2D eigenvalue weighted by molar-refractivity contribution is 6.51. The fourth-order valence-electron chi connectivity index (χ4n) is 1.66. The molecule has 0 unspecified atom stereocenters. The predicted molar refractivity (Wildman–Crippen MR) is 83.9 cm³/mol. The highest BCUT2D eigenvalue weighted by atomic mass is 35.5. The van der Waals surface area contributed by atoms with Gasteiger partial charge in [0, 0.05) is 16.1 Å². The van der Waals surface area contributed by atoms with E-state index in [4.69, 9.17) is 63.1 Å². The van der Waals surface area contributed by atoms with Crippen molar-refractivity contribution in [1.82, 2.24) is 0 Å². The topological polar surface area (TPSA) is 37.3 Å². The second-order valence-corrected chi connectivity index (χ2v) is 5.82. The second kappa shape index (κ2) is 6.00. The molecule has 0 aliphatic carbocycles. The number of hydrogen-bond acceptors (Lipinski definition) is 1. The van der Waals surface area contributed by atoms with E-state index in [1.165, 1.54) is 24.3 Å². The smallest absolute Gasteiger partial charge is 0.335 e. The van der Waals surface area contributed by atoms with Crippen molar-refractivity contribution in [2.75, 3.05) is 0 Å². The molecule has 2 aromatic carbocycles. The molecule has 0 aliphatic heterocycles. The highest BCUT2D eigenvalue weighted by Gasteiger charge is 2.18. The van der Waals surface area contributed by atoms with Crippen LogP contribution in [0.5, 0.6) is 0 Å². The molecule has 0 bridgehead atoms. The Balaban J connectivity index is 2.78. The van der Waals surface area contributed by atoms with E-state index in [2.05, 4.69) is 0 Å². The number of halogens is 5. The van der Waals surface area contributed by atoms with Crippen LogP contribution in [0.2, 0.25) is 25.1 Å². The molecule has 2 rings (SSSR count). The first-order chi connectivity index (χ1) is 9.32. The maximum Gasteiger partial charge on any atom is 0.335 e. The minimum atomic E-state index is -1.09. The van der Waals surface area contributed by atoms with Gasteiger partial charge in [0.05, 0.1) is 25.7 Å². The zero-order valence-corrected chi connectivity index (χ0v) is 13.3. The van der Waals surface area contributed by atoms with Crippen LogP contribution in [0.1, 0.15) is 10.4 Å². The van der Waals surface area contributed by atoms with Gasteiger partial charge in [0.1, 0.15) is 0 Å². The minimum Gasteiger partial charge on any atom is -0.478 e. The van der Waals surface area contributed by atoms with E-state index < -0.39 is 5.97 Å². The largest absolute Gasteiger partial charge is 0.478 e. The van der Waals surface area contributed by atoms with Gasteiger partial charge in [-0.05, 0) is 24.3 Å². The fourth-order valence-corrected chi connectivity index (χ4v) is 2.99. The average molecular weight is 370 g/mol. The number of aromatic carboxylic acids is 1. The maximum atomic E-state index is 11.0. The lowest BCUT2D eigenvalue weighted by atomic mass is 10.0. The lowest BCUT2D eigenvalue weighted by Crippen LogP contribution is -1.97. The molecule has 20 heavy (non-hydrogen) atoms. The first kappa shape index (κ1) is 15.7. The average Bonchev–Trinajstić information content (AvgIpc) is 2.38. The van der Waals surface area contributed by atoms with Gasteiger partial charge in [-0.1, -0.05) is 58.0 Å². The second-order valence-electron chi connectivity index (χ2n) is 3.84. The summed E-state index contributed by atoms with van der Waals surface area (Å²) in [6.07, 6.45) is 0. The summed E-state index contributed by atoms with van der Waals surface area (Å²) in [5, 5.41) is 10.0. The fraction of sp³-hybridized carbons (Fsp3) is 0. The van der Waals surface area contributed by atoms with Crippen molar-refractivity contribution < 1.29 is 9.90 Å². The van der Waals surface area contributed by atoms with Crippen LogP contribution in [0, 0.1) is 0 Å². The number of benzene rings is 2. The Morgan fingerprint density at radius 3 is 2.10 bits per heavy atom. The maximum absolute atomic E-state index is 11.0. The summed E-state index contributed by atoms with van der Waals surface area (Å²) in [4.78, 5) is 11.0. The van der Waals surface area contributed by atoms with Gasteiger partial charge in [-0.3, -0.25) is 0 Å². The Hall–Kier alpha value is -0.640. The molecule has 1 N–H and O–H groups in total. The van der Waals surface area contributed by atoms with Crippen molar-refractivity contribution in [2.24, 2.45) is 0 Å². The third-order valence-electron chi connectivity index (χ3n) is 2.60. The molecule has 0 fully saturated rings. The molecule has 0 spiro atoms. The number of rotatable bonds is 2. The van der Waals surface area contributed by atoms with E-state index in [1.807, 2.05) is 0 Å². The van der Waals surface area contributed by atoms with Gasteiger partial charge in [-0.25, -0.2) is 4.79 Å². The molecule has 2 nitrogen and oxygen atoms in total. The Morgan fingerprint density at radius 1 is 0.850 bits per heavy atom. The molecule has 7 heteroatoms. The van der Waals surface area contributed by atoms with Crippen LogP contribution in [0.15, 0.2) is 24.3 Å². The minimum absolute atomic E-state index is 0.0580. The molecule has 0 saturated heterocycles. The molecular weight excluding hydrogens is 365 g/mol. The first-order valence-electron chi connectivity index (χ1n) is 5.19. The molecule has 104 valence electrons. The molecule has 0 aliphatic rings. The van der Waals surface area contributed by atoms with Crippen molar-refractivity contribution in [3.8, 4) is 11.1 Å². The van der Waals surface area contributed by atoms with Crippen molar-refractivity contribution in [1.29, 1.82) is 0 Å². The number of carboxylic acid groups (broad SMARTS) is 1. The van der Waals surface area contributed by atoms with E-state index in [1.54, 1.807) is 0 Å². The van der Waals surface area contributed by atoms with Crippen LogP contribution in [-0.4, -0.2) is 11.1 Å². The predicted octanol–water partition coefficient (Wildman–Crippen LogP) is 6.32. The third-order valence-corrected chi connectivity index (χ3v) is 4.49. The van der Waals surface area contributed by atoms with E-state index in [0.29, 0.717) is 16.1 Å². The van der Waals surface area contributed by atoms with Crippen molar-refractivity contribution >= 4 is 64.0 Å². The lowest BCUT2D eigenvalue weighted by Gasteiger charge is -2.12.